The maximum absolute atomic E-state index is 11.0. The molecular weight excluding hydrogens is 464 g/mol. The Kier molecular flexibility index (Phi) is 7.43. The largest absolute Gasteiger partial charge is 0.545 e. The van der Waals surface area contributed by atoms with Crippen LogP contribution in [0, 0.1) is 0 Å². The number of thiocarbonyl (C=S) groups is 1. The third-order valence-electron chi connectivity index (χ3n) is 4.46. The van der Waals surface area contributed by atoms with Crippen LogP contribution in [0.3, 0.4) is 0 Å². The van der Waals surface area contributed by atoms with Crippen molar-refractivity contribution >= 4 is 44.9 Å². The molecule has 1 N–H and O–H groups in total. The lowest BCUT2D eigenvalue weighted by atomic mass is 10.1. The van der Waals surface area contributed by atoms with Gasteiger partial charge in [0.15, 0.2) is 5.11 Å². The number of carbonyl (C=O) groups excluding carboxylic acids is 1. The third kappa shape index (κ3) is 6.05. The van der Waals surface area contributed by atoms with Gasteiger partial charge < -0.3 is 24.9 Å². The van der Waals surface area contributed by atoms with E-state index >= 15 is 0 Å². The number of nitrogens with zero attached hydrogens (tertiary/aromatic N) is 1. The summed E-state index contributed by atoms with van der Waals surface area (Å²) in [6, 6.07) is 22.2. The predicted molar refractivity (Wildman–Crippen MR) is 123 cm³/mol. The molecule has 0 unspecified atom stereocenters. The van der Waals surface area contributed by atoms with Crippen LogP contribution in [0.15, 0.2) is 77.3 Å². The third-order valence-corrected chi connectivity index (χ3v) is 5.35. The highest BCUT2D eigenvalue weighted by Gasteiger charge is 2.13. The molecule has 0 saturated heterocycles. The van der Waals surface area contributed by atoms with Crippen molar-refractivity contribution in [2.45, 2.75) is 13.1 Å². The summed E-state index contributed by atoms with van der Waals surface area (Å²) in [5.74, 6) is -0.455. The van der Waals surface area contributed by atoms with Crippen molar-refractivity contribution in [2.75, 3.05) is 12.4 Å². The van der Waals surface area contributed by atoms with E-state index in [9.17, 15) is 9.90 Å². The second-order valence-electron chi connectivity index (χ2n) is 6.63. The first-order valence-electron chi connectivity index (χ1n) is 9.19. The zero-order chi connectivity index (χ0) is 21.5. The van der Waals surface area contributed by atoms with Crippen LogP contribution in [0.1, 0.15) is 21.5 Å². The number of hydrogen-bond acceptors (Lipinski definition) is 4. The summed E-state index contributed by atoms with van der Waals surface area (Å²) in [7, 11) is 1.62. The fraction of sp³-hybridized carbons (Fsp3) is 0.130. The Morgan fingerprint density at radius 3 is 2.20 bits per heavy atom. The zero-order valence-corrected chi connectivity index (χ0v) is 18.7. The summed E-state index contributed by atoms with van der Waals surface area (Å²) in [6.07, 6.45) is 0. The van der Waals surface area contributed by atoms with E-state index in [-0.39, 0.29) is 5.56 Å². The lowest BCUT2D eigenvalue weighted by Gasteiger charge is -2.26. The minimum Gasteiger partial charge on any atom is -0.545 e. The quantitative estimate of drug-likeness (QED) is 0.507. The van der Waals surface area contributed by atoms with Gasteiger partial charge >= 0.3 is 0 Å². The van der Waals surface area contributed by atoms with Crippen molar-refractivity contribution in [3.8, 4) is 5.75 Å². The molecule has 0 aliphatic rings. The van der Waals surface area contributed by atoms with E-state index in [0.717, 1.165) is 27.0 Å². The van der Waals surface area contributed by atoms with Gasteiger partial charge in [-0.3, -0.25) is 0 Å². The monoisotopic (exact) mass is 483 g/mol. The van der Waals surface area contributed by atoms with Crippen LogP contribution >= 0.6 is 28.1 Å². The minimum atomic E-state index is -1.19. The molecule has 7 heteroatoms. The van der Waals surface area contributed by atoms with Crippen LogP contribution < -0.4 is 15.2 Å². The van der Waals surface area contributed by atoms with E-state index in [1.54, 1.807) is 31.4 Å². The lowest BCUT2D eigenvalue weighted by molar-refractivity contribution is -0.255. The van der Waals surface area contributed by atoms with Gasteiger partial charge in [-0.1, -0.05) is 58.4 Å². The molecule has 0 aliphatic heterocycles. The van der Waals surface area contributed by atoms with Crippen molar-refractivity contribution in [1.29, 1.82) is 0 Å². The van der Waals surface area contributed by atoms with E-state index in [4.69, 9.17) is 17.0 Å². The normalized spacial score (nSPS) is 10.3. The van der Waals surface area contributed by atoms with E-state index < -0.39 is 5.97 Å². The molecule has 30 heavy (non-hydrogen) atoms. The molecule has 0 aliphatic carbocycles. The molecule has 0 saturated carbocycles. The predicted octanol–water partition coefficient (Wildman–Crippen LogP) is 4.22. The van der Waals surface area contributed by atoms with E-state index in [1.165, 1.54) is 0 Å². The highest BCUT2D eigenvalue weighted by molar-refractivity contribution is 9.10. The molecule has 0 bridgehead atoms. The molecular formula is C23H20BrN2O3S-. The molecule has 0 fully saturated rings. The van der Waals surface area contributed by atoms with Crippen molar-refractivity contribution in [1.82, 2.24) is 4.90 Å². The highest BCUT2D eigenvalue weighted by Crippen LogP contribution is 2.19. The number of carboxylic acids is 1. The smallest absolute Gasteiger partial charge is 0.174 e. The molecule has 5 nitrogen and oxygen atoms in total. The fourth-order valence-corrected chi connectivity index (χ4v) is 3.39. The zero-order valence-electron chi connectivity index (χ0n) is 16.3. The second kappa shape index (κ2) is 10.2. The number of aromatic carboxylic acids is 1. The van der Waals surface area contributed by atoms with E-state index in [0.29, 0.717) is 18.2 Å². The number of anilines is 1. The van der Waals surface area contributed by atoms with E-state index in [2.05, 4.69) is 21.2 Å². The summed E-state index contributed by atoms with van der Waals surface area (Å²) in [5, 5.41) is 14.8. The number of nitrogens with one attached hydrogen (secondary N) is 1. The summed E-state index contributed by atoms with van der Waals surface area (Å²) >= 11 is 9.14. The first-order chi connectivity index (χ1) is 14.4. The first-order valence-corrected chi connectivity index (χ1v) is 10.4. The molecule has 3 rings (SSSR count). The Morgan fingerprint density at radius 2 is 1.63 bits per heavy atom. The number of benzene rings is 3. The number of carbonyl (C=O) groups is 1. The topological polar surface area (TPSA) is 64.6 Å². The number of carboxylic acid groups (broad SMARTS) is 1. The van der Waals surface area contributed by atoms with E-state index in [1.807, 2.05) is 53.4 Å². The van der Waals surface area contributed by atoms with Gasteiger partial charge in [-0.25, -0.2) is 0 Å². The highest BCUT2D eigenvalue weighted by atomic mass is 79.9. The average Bonchev–Trinajstić information content (AvgIpc) is 2.75. The molecule has 3 aromatic carbocycles. The van der Waals surface area contributed by atoms with Crippen LogP contribution in [0.5, 0.6) is 5.75 Å². The van der Waals surface area contributed by atoms with Crippen LogP contribution in [-0.2, 0) is 13.1 Å². The van der Waals surface area contributed by atoms with Crippen LogP contribution in [0.2, 0.25) is 0 Å². The molecule has 0 heterocycles. The standard InChI is InChI=1S/C23H21BrN2O3S/c1-29-21-4-2-3-20(13-21)25-23(30)26(15-17-7-11-19(24)12-8-17)14-16-5-9-18(10-6-16)22(27)28/h2-13H,14-15H2,1H3,(H,25,30)(H,27,28)/p-1. The average molecular weight is 484 g/mol. The number of halogens is 1. The SMILES string of the molecule is COc1cccc(NC(=S)N(Cc2ccc(Br)cc2)Cc2ccc(C(=O)[O-])cc2)c1. The number of rotatable bonds is 7. The maximum atomic E-state index is 11.0. The van der Waals surface area contributed by atoms with Crippen molar-refractivity contribution in [3.05, 3.63) is 94.0 Å². The number of ether oxygens (including phenoxy) is 1. The molecule has 154 valence electrons. The maximum Gasteiger partial charge on any atom is 0.174 e. The van der Waals surface area contributed by atoms with Crippen LogP contribution in [-0.4, -0.2) is 23.1 Å². The second-order valence-corrected chi connectivity index (χ2v) is 7.93. The molecule has 3 aromatic rings. The van der Waals surface area contributed by atoms with Gasteiger partial charge in [0.05, 0.1) is 13.1 Å². The summed E-state index contributed by atoms with van der Waals surface area (Å²) in [6.45, 7) is 1.10. The number of hydrogen-bond donors (Lipinski definition) is 1. The minimum absolute atomic E-state index is 0.148. The van der Waals surface area contributed by atoms with Gasteiger partial charge in [0.2, 0.25) is 0 Å². The van der Waals surface area contributed by atoms with Crippen LogP contribution in [0.25, 0.3) is 0 Å². The molecule has 0 amide bonds. The van der Waals surface area contributed by atoms with Crippen molar-refractivity contribution < 1.29 is 14.6 Å². The number of methoxy groups -OCH3 is 1. The summed E-state index contributed by atoms with van der Waals surface area (Å²) < 4.78 is 6.28. The molecule has 0 atom stereocenters. The van der Waals surface area contributed by atoms with Crippen molar-refractivity contribution in [2.24, 2.45) is 0 Å². The summed E-state index contributed by atoms with van der Waals surface area (Å²) in [4.78, 5) is 13.0. The molecule has 0 aromatic heterocycles. The van der Waals surface area contributed by atoms with Gasteiger partial charge in [-0.15, -0.1) is 0 Å². The van der Waals surface area contributed by atoms with Gasteiger partial charge in [0, 0.05) is 29.3 Å². The summed E-state index contributed by atoms with van der Waals surface area (Å²) in [5.41, 5.74) is 3.01. The van der Waals surface area contributed by atoms with Gasteiger partial charge in [0.1, 0.15) is 5.75 Å². The molecule has 0 radical (unpaired) electrons. The van der Waals surface area contributed by atoms with Crippen molar-refractivity contribution in [3.63, 3.8) is 0 Å². The van der Waals surface area contributed by atoms with Gasteiger partial charge in [0.25, 0.3) is 0 Å². The first kappa shape index (κ1) is 21.8. The fourth-order valence-electron chi connectivity index (χ4n) is 2.88. The Bertz CT molecular complexity index is 1020. The van der Waals surface area contributed by atoms with Gasteiger partial charge in [-0.05, 0) is 53.2 Å². The molecule has 0 spiro atoms. The lowest BCUT2D eigenvalue weighted by Crippen LogP contribution is -2.33. The van der Waals surface area contributed by atoms with Gasteiger partial charge in [-0.2, -0.15) is 0 Å². The Hall–Kier alpha value is -2.90. The van der Waals surface area contributed by atoms with Crippen LogP contribution in [0.4, 0.5) is 5.69 Å². The Balaban J connectivity index is 1.80. The Morgan fingerprint density at radius 1 is 1.03 bits per heavy atom. The Labute approximate surface area is 189 Å².